The first-order valence-corrected chi connectivity index (χ1v) is 8.85. The number of nitrogens with one attached hydrogen (secondary N) is 1. The van der Waals surface area contributed by atoms with E-state index in [4.69, 9.17) is 20.9 Å². The lowest BCUT2D eigenvalue weighted by Gasteiger charge is -2.20. The van der Waals surface area contributed by atoms with E-state index in [1.165, 1.54) is 4.70 Å². The zero-order chi connectivity index (χ0) is 16.9. The molecule has 0 unspecified atom stereocenters. The van der Waals surface area contributed by atoms with E-state index in [-0.39, 0.29) is 13.2 Å². The van der Waals surface area contributed by atoms with Crippen LogP contribution in [0.15, 0.2) is 29.6 Å². The average Bonchev–Trinajstić information content (AvgIpc) is 3.05. The minimum Gasteiger partial charge on any atom is -0.399 e. The van der Waals surface area contributed by atoms with Crippen LogP contribution in [0.3, 0.4) is 0 Å². The van der Waals surface area contributed by atoms with Crippen molar-refractivity contribution >= 4 is 43.8 Å². The van der Waals surface area contributed by atoms with E-state index in [0.717, 1.165) is 28.7 Å². The molecule has 2 heterocycles. The molecule has 128 valence electrons. The molecule has 0 radical (unpaired) electrons. The van der Waals surface area contributed by atoms with E-state index >= 15 is 0 Å². The first kappa shape index (κ1) is 16.9. The summed E-state index contributed by atoms with van der Waals surface area (Å²) in [5, 5.41) is 25.8. The van der Waals surface area contributed by atoms with Crippen LogP contribution in [0.5, 0.6) is 0 Å². The molecule has 0 atom stereocenters. The molecule has 3 aromatic rings. The second-order valence-corrected chi connectivity index (χ2v) is 6.53. The van der Waals surface area contributed by atoms with Crippen LogP contribution in [0.1, 0.15) is 0 Å². The highest BCUT2D eigenvalue weighted by Crippen LogP contribution is 2.33. The molecule has 6 nitrogen and oxygen atoms in total. The number of rotatable bonds is 8. The van der Waals surface area contributed by atoms with Gasteiger partial charge in [0.2, 0.25) is 0 Å². The number of aliphatic hydroxyl groups excluding tert-OH is 2. The summed E-state index contributed by atoms with van der Waals surface area (Å²) in [4.78, 5) is 6.73. The van der Waals surface area contributed by atoms with Crippen molar-refractivity contribution in [1.82, 2.24) is 9.88 Å². The van der Waals surface area contributed by atoms with E-state index < -0.39 is 0 Å². The number of thiophene rings is 1. The largest absolute Gasteiger partial charge is 0.399 e. The number of aliphatic hydroxyl groups is 2. The summed E-state index contributed by atoms with van der Waals surface area (Å²) in [6.07, 6.45) is 0. The number of pyridine rings is 1. The molecule has 0 saturated heterocycles. The van der Waals surface area contributed by atoms with Gasteiger partial charge in [0.05, 0.1) is 18.7 Å². The second-order valence-electron chi connectivity index (χ2n) is 5.62. The van der Waals surface area contributed by atoms with Crippen molar-refractivity contribution in [3.05, 3.63) is 29.6 Å². The highest BCUT2D eigenvalue weighted by atomic mass is 32.1. The molecule has 1 aromatic carbocycles. The number of aromatic nitrogens is 1. The Bertz CT molecular complexity index is 815. The molecule has 7 heteroatoms. The topological polar surface area (TPSA) is 94.6 Å². The summed E-state index contributed by atoms with van der Waals surface area (Å²) >= 11 is 1.70. The molecule has 24 heavy (non-hydrogen) atoms. The lowest BCUT2D eigenvalue weighted by Crippen LogP contribution is -2.34. The van der Waals surface area contributed by atoms with Crippen LogP contribution in [0.4, 0.5) is 11.5 Å². The lowest BCUT2D eigenvalue weighted by molar-refractivity contribution is 0.165. The maximum Gasteiger partial charge on any atom is 0.135 e. The summed E-state index contributed by atoms with van der Waals surface area (Å²) < 4.78 is 1.20. The first-order chi connectivity index (χ1) is 11.7. The van der Waals surface area contributed by atoms with Gasteiger partial charge >= 0.3 is 0 Å². The number of nitrogens with two attached hydrogens (primary N) is 1. The molecule has 0 bridgehead atoms. The van der Waals surface area contributed by atoms with Crippen LogP contribution >= 0.6 is 11.3 Å². The van der Waals surface area contributed by atoms with Gasteiger partial charge in [-0.1, -0.05) is 0 Å². The van der Waals surface area contributed by atoms with Gasteiger partial charge in [-0.15, -0.1) is 11.3 Å². The van der Waals surface area contributed by atoms with E-state index in [1.54, 1.807) is 11.3 Å². The van der Waals surface area contributed by atoms with Crippen LogP contribution in [0, 0.1) is 0 Å². The SMILES string of the molecule is Nc1ccc2c(c1)nc(NCCN(CCO)CCO)c1ccsc12. The van der Waals surface area contributed by atoms with Crippen molar-refractivity contribution in [2.24, 2.45) is 0 Å². The van der Waals surface area contributed by atoms with Crippen LogP contribution in [0.25, 0.3) is 21.0 Å². The first-order valence-electron chi connectivity index (χ1n) is 7.97. The molecule has 0 fully saturated rings. The van der Waals surface area contributed by atoms with Crippen molar-refractivity contribution in [3.8, 4) is 0 Å². The molecule has 0 amide bonds. The molecule has 0 aliphatic carbocycles. The smallest absolute Gasteiger partial charge is 0.135 e. The fraction of sp³-hybridized carbons (Fsp3) is 0.353. The summed E-state index contributed by atoms with van der Waals surface area (Å²) in [5.41, 5.74) is 7.48. The second kappa shape index (κ2) is 7.76. The van der Waals surface area contributed by atoms with Gasteiger partial charge in [-0.2, -0.15) is 0 Å². The maximum absolute atomic E-state index is 9.07. The quantitative estimate of drug-likeness (QED) is 0.464. The lowest BCUT2D eigenvalue weighted by atomic mass is 10.1. The summed E-state index contributed by atoms with van der Waals surface area (Å²) in [7, 11) is 0. The summed E-state index contributed by atoms with van der Waals surface area (Å²) in [5.74, 6) is 0.845. The Balaban J connectivity index is 1.81. The van der Waals surface area contributed by atoms with Crippen molar-refractivity contribution in [1.29, 1.82) is 0 Å². The van der Waals surface area contributed by atoms with Gasteiger partial charge in [0.15, 0.2) is 0 Å². The normalized spacial score (nSPS) is 11.6. The van der Waals surface area contributed by atoms with Crippen molar-refractivity contribution < 1.29 is 10.2 Å². The number of hydrogen-bond donors (Lipinski definition) is 4. The number of nitrogen functional groups attached to an aromatic ring is 1. The minimum atomic E-state index is 0.0856. The molecular formula is C17H22N4O2S. The Morgan fingerprint density at radius 3 is 2.62 bits per heavy atom. The number of hydrogen-bond acceptors (Lipinski definition) is 7. The van der Waals surface area contributed by atoms with Crippen LogP contribution in [-0.4, -0.2) is 59.5 Å². The highest BCUT2D eigenvalue weighted by Gasteiger charge is 2.10. The average molecular weight is 346 g/mol. The number of benzene rings is 1. The summed E-state index contributed by atoms with van der Waals surface area (Å²) in [6.45, 7) is 2.69. The van der Waals surface area contributed by atoms with E-state index in [9.17, 15) is 0 Å². The third kappa shape index (κ3) is 3.59. The Kier molecular flexibility index (Phi) is 5.47. The molecule has 0 spiro atoms. The van der Waals surface area contributed by atoms with Gasteiger partial charge < -0.3 is 21.3 Å². The number of anilines is 2. The van der Waals surface area contributed by atoms with Crippen LogP contribution in [0.2, 0.25) is 0 Å². The maximum atomic E-state index is 9.07. The van der Waals surface area contributed by atoms with Crippen molar-refractivity contribution in [2.45, 2.75) is 0 Å². The molecular weight excluding hydrogens is 324 g/mol. The van der Waals surface area contributed by atoms with Gasteiger partial charge in [-0.3, -0.25) is 4.90 Å². The predicted molar refractivity (Wildman–Crippen MR) is 101 cm³/mol. The van der Waals surface area contributed by atoms with E-state index in [1.807, 2.05) is 23.1 Å². The fourth-order valence-electron chi connectivity index (χ4n) is 2.80. The fourth-order valence-corrected chi connectivity index (χ4v) is 3.74. The third-order valence-corrected chi connectivity index (χ3v) is 4.92. The molecule has 0 saturated carbocycles. The predicted octanol–water partition coefficient (Wildman–Crippen LogP) is 1.73. The Hall–Kier alpha value is -1.93. The molecule has 2 aromatic heterocycles. The molecule has 3 rings (SSSR count). The van der Waals surface area contributed by atoms with E-state index in [0.29, 0.717) is 25.3 Å². The van der Waals surface area contributed by atoms with Gasteiger partial charge in [-0.05, 0) is 29.6 Å². The zero-order valence-corrected chi connectivity index (χ0v) is 14.2. The monoisotopic (exact) mass is 346 g/mol. The summed E-state index contributed by atoms with van der Waals surface area (Å²) in [6, 6.07) is 7.89. The third-order valence-electron chi connectivity index (χ3n) is 3.97. The van der Waals surface area contributed by atoms with Crippen LogP contribution < -0.4 is 11.1 Å². The van der Waals surface area contributed by atoms with E-state index in [2.05, 4.69) is 16.8 Å². The van der Waals surface area contributed by atoms with Gasteiger partial charge in [-0.25, -0.2) is 4.98 Å². The number of fused-ring (bicyclic) bond motifs is 3. The molecule has 0 aliphatic rings. The molecule has 0 aliphatic heterocycles. The Morgan fingerprint density at radius 1 is 1.08 bits per heavy atom. The van der Waals surface area contributed by atoms with Gasteiger partial charge in [0.25, 0.3) is 0 Å². The number of nitrogens with zero attached hydrogens (tertiary/aromatic N) is 2. The van der Waals surface area contributed by atoms with Crippen LogP contribution in [-0.2, 0) is 0 Å². The standard InChI is InChI=1S/C17H22N4O2S/c18-12-1-2-13-15(11-12)20-17(14-3-10-24-16(13)14)19-4-5-21(6-8-22)7-9-23/h1-3,10-11,22-23H,4-9,18H2,(H,19,20). The highest BCUT2D eigenvalue weighted by molar-refractivity contribution is 7.18. The van der Waals surface area contributed by atoms with Gasteiger partial charge in [0, 0.05) is 47.3 Å². The molecule has 5 N–H and O–H groups in total. The minimum absolute atomic E-state index is 0.0856. The Morgan fingerprint density at radius 2 is 1.88 bits per heavy atom. The van der Waals surface area contributed by atoms with Crippen molar-refractivity contribution in [2.75, 3.05) is 50.4 Å². The zero-order valence-electron chi connectivity index (χ0n) is 13.4. The van der Waals surface area contributed by atoms with Gasteiger partial charge in [0.1, 0.15) is 5.82 Å². The Labute approximate surface area is 144 Å². The van der Waals surface area contributed by atoms with Crippen molar-refractivity contribution in [3.63, 3.8) is 0 Å².